The molecule has 0 bridgehead atoms. The van der Waals surface area contributed by atoms with Crippen molar-refractivity contribution in [2.45, 2.75) is 25.8 Å². The lowest BCUT2D eigenvalue weighted by Gasteiger charge is -2.26. The summed E-state index contributed by atoms with van der Waals surface area (Å²) in [6.07, 6.45) is 5.44. The summed E-state index contributed by atoms with van der Waals surface area (Å²) in [7, 11) is 4.15. The van der Waals surface area contributed by atoms with Crippen LogP contribution in [0.25, 0.3) is 0 Å². The summed E-state index contributed by atoms with van der Waals surface area (Å²) in [5, 5.41) is 4.58. The van der Waals surface area contributed by atoms with E-state index >= 15 is 0 Å². The second-order valence-electron chi connectivity index (χ2n) is 4.01. The summed E-state index contributed by atoms with van der Waals surface area (Å²) in [6, 6.07) is 0. The van der Waals surface area contributed by atoms with Crippen molar-refractivity contribution < 1.29 is 28.6 Å². The normalized spacial score (nSPS) is 19.9. The van der Waals surface area contributed by atoms with E-state index in [1.807, 2.05) is 7.05 Å². The zero-order valence-electron chi connectivity index (χ0n) is 9.52. The molecule has 0 aromatic rings. The van der Waals surface area contributed by atoms with Crippen molar-refractivity contribution in [1.82, 2.24) is 5.32 Å². The topological polar surface area (TPSA) is 15.0 Å². The Labute approximate surface area is 108 Å². The minimum absolute atomic E-state index is 0. The fourth-order valence-electron chi connectivity index (χ4n) is 1.54. The molecule has 1 rings (SSSR count). The van der Waals surface area contributed by atoms with Crippen LogP contribution in [0.3, 0.4) is 0 Å². The molecule has 1 aliphatic heterocycles. The van der Waals surface area contributed by atoms with E-state index in [4.69, 9.17) is 0 Å². The van der Waals surface area contributed by atoms with Crippen LogP contribution in [0.2, 0.25) is 0 Å². The average Bonchev–Trinajstić information content (AvgIpc) is 2.09. The summed E-state index contributed by atoms with van der Waals surface area (Å²) in [6.45, 7) is 4.54. The largest absolute Gasteiger partial charge is 1.00 e. The van der Waals surface area contributed by atoms with Gasteiger partial charge < -0.3 is 29.3 Å². The van der Waals surface area contributed by atoms with Crippen LogP contribution in [-0.2, 0) is 0 Å². The van der Waals surface area contributed by atoms with Crippen molar-refractivity contribution in [3.05, 3.63) is 11.8 Å². The van der Waals surface area contributed by atoms with Crippen LogP contribution < -0.4 is 29.3 Å². The summed E-state index contributed by atoms with van der Waals surface area (Å²) < 4.78 is 2.35. The van der Waals surface area contributed by atoms with Crippen LogP contribution in [-0.4, -0.2) is 35.5 Å². The van der Waals surface area contributed by atoms with Crippen LogP contribution in [0.15, 0.2) is 11.8 Å². The van der Waals surface area contributed by atoms with Gasteiger partial charge in [-0.25, -0.2) is 4.58 Å². The number of thioether (sulfide) groups is 1. The molecule has 82 valence electrons. The quantitative estimate of drug-likeness (QED) is 0.475. The Bertz CT molecular complexity index is 269. The summed E-state index contributed by atoms with van der Waals surface area (Å²) in [5.74, 6) is 0. The minimum atomic E-state index is 0. The third kappa shape index (κ3) is 2.89. The average molecular weight is 326 g/mol. The number of rotatable bonds is 1. The monoisotopic (exact) mass is 326 g/mol. The molecule has 0 atom stereocenters. The van der Waals surface area contributed by atoms with Crippen molar-refractivity contribution >= 4 is 16.8 Å². The highest BCUT2D eigenvalue weighted by Crippen LogP contribution is 2.24. The van der Waals surface area contributed by atoms with Gasteiger partial charge in [0.25, 0.3) is 0 Å². The molecule has 0 amide bonds. The van der Waals surface area contributed by atoms with E-state index < -0.39 is 0 Å². The molecule has 0 radical (unpaired) electrons. The van der Waals surface area contributed by atoms with Gasteiger partial charge >= 0.3 is 0 Å². The Kier molecular flexibility index (Phi) is 5.51. The van der Waals surface area contributed by atoms with E-state index in [1.54, 1.807) is 11.8 Å². The minimum Gasteiger partial charge on any atom is -1.00 e. The first-order chi connectivity index (χ1) is 6.01. The molecule has 0 aliphatic carbocycles. The highest BCUT2D eigenvalue weighted by Gasteiger charge is 2.34. The molecular formula is C10H19IN2S. The Balaban J connectivity index is 0.00000169. The van der Waals surface area contributed by atoms with Gasteiger partial charge in [0.15, 0.2) is 5.54 Å². The molecular weight excluding hydrogens is 307 g/mol. The third-order valence-corrected chi connectivity index (χ3v) is 3.50. The van der Waals surface area contributed by atoms with E-state index in [0.717, 1.165) is 6.42 Å². The highest BCUT2D eigenvalue weighted by atomic mass is 127. The van der Waals surface area contributed by atoms with Gasteiger partial charge in [-0.3, -0.25) is 0 Å². The van der Waals surface area contributed by atoms with E-state index in [9.17, 15) is 0 Å². The van der Waals surface area contributed by atoms with Crippen LogP contribution >= 0.6 is 11.8 Å². The third-order valence-electron chi connectivity index (χ3n) is 2.69. The number of nitrogens with zero attached hydrogens (tertiary/aromatic N) is 1. The Morgan fingerprint density at radius 2 is 2.07 bits per heavy atom. The van der Waals surface area contributed by atoms with Gasteiger partial charge in [0, 0.05) is 32.7 Å². The Morgan fingerprint density at radius 3 is 2.50 bits per heavy atom. The van der Waals surface area contributed by atoms with Crippen LogP contribution in [0.5, 0.6) is 0 Å². The van der Waals surface area contributed by atoms with E-state index in [1.165, 1.54) is 10.7 Å². The molecule has 1 heterocycles. The van der Waals surface area contributed by atoms with Gasteiger partial charge in [0.1, 0.15) is 7.05 Å². The molecule has 0 aromatic heterocycles. The molecule has 1 N–H and O–H groups in total. The van der Waals surface area contributed by atoms with Crippen molar-refractivity contribution in [3.8, 4) is 0 Å². The van der Waals surface area contributed by atoms with Crippen molar-refractivity contribution in [2.24, 2.45) is 0 Å². The standard InChI is InChI=1S/C10H18N2S.HI/c1-10(2)7-8(11-3)6-9(13-5)12(10)4;/h6H,7H2,1-5H3;1H. The van der Waals surface area contributed by atoms with Gasteiger partial charge in [-0.05, 0) is 6.26 Å². The Hall–Kier alpha value is 0.290. The van der Waals surface area contributed by atoms with Gasteiger partial charge in [-0.15, -0.1) is 0 Å². The van der Waals surface area contributed by atoms with Crippen molar-refractivity contribution in [2.75, 3.05) is 20.4 Å². The molecule has 14 heavy (non-hydrogen) atoms. The lowest BCUT2D eigenvalue weighted by molar-refractivity contribution is -0.573. The first-order valence-corrected chi connectivity index (χ1v) is 5.77. The second kappa shape index (κ2) is 5.39. The number of nitrogens with one attached hydrogen (secondary N) is 1. The molecule has 0 saturated carbocycles. The van der Waals surface area contributed by atoms with Gasteiger partial charge in [-0.2, -0.15) is 0 Å². The summed E-state index contributed by atoms with van der Waals surface area (Å²) >= 11 is 1.80. The summed E-state index contributed by atoms with van der Waals surface area (Å²) in [5.41, 5.74) is 1.55. The number of halogens is 1. The molecule has 0 unspecified atom stereocenters. The molecule has 4 heteroatoms. The molecule has 0 saturated heterocycles. The lowest BCUT2D eigenvalue weighted by atomic mass is 9.95. The molecule has 0 aromatic carbocycles. The molecule has 2 nitrogen and oxygen atoms in total. The molecule has 0 spiro atoms. The first kappa shape index (κ1) is 14.3. The predicted molar refractivity (Wildman–Crippen MR) is 60.5 cm³/mol. The maximum absolute atomic E-state index is 3.24. The fourth-order valence-corrected chi connectivity index (χ4v) is 2.32. The van der Waals surface area contributed by atoms with Gasteiger partial charge in [0.2, 0.25) is 5.04 Å². The number of hydrogen-bond donors (Lipinski definition) is 1. The maximum atomic E-state index is 3.24. The Morgan fingerprint density at radius 1 is 1.50 bits per heavy atom. The van der Waals surface area contributed by atoms with E-state index in [-0.39, 0.29) is 29.5 Å². The smallest absolute Gasteiger partial charge is 0.236 e. The maximum Gasteiger partial charge on any atom is 0.236 e. The predicted octanol–water partition coefficient (Wildman–Crippen LogP) is -1.32. The first-order valence-electron chi connectivity index (χ1n) is 4.54. The number of hydrogen-bond acceptors (Lipinski definition) is 2. The van der Waals surface area contributed by atoms with E-state index in [0.29, 0.717) is 0 Å². The second-order valence-corrected chi connectivity index (χ2v) is 4.84. The zero-order chi connectivity index (χ0) is 10.1. The molecule has 0 fully saturated rings. The van der Waals surface area contributed by atoms with E-state index in [2.05, 4.69) is 43.1 Å². The fraction of sp³-hybridized carbons (Fsp3) is 0.700. The van der Waals surface area contributed by atoms with Crippen LogP contribution in [0.4, 0.5) is 0 Å². The molecule has 1 aliphatic rings. The van der Waals surface area contributed by atoms with Crippen molar-refractivity contribution in [1.29, 1.82) is 0 Å². The lowest BCUT2D eigenvalue weighted by Crippen LogP contribution is -3.00. The van der Waals surface area contributed by atoms with Gasteiger partial charge in [0.05, 0.1) is 6.42 Å². The zero-order valence-corrected chi connectivity index (χ0v) is 12.5. The highest BCUT2D eigenvalue weighted by molar-refractivity contribution is 8.13. The van der Waals surface area contributed by atoms with Crippen LogP contribution in [0, 0.1) is 0 Å². The SMILES string of the molecule is CNC1=CC(SC)=[N+](C)C(C)(C)C1.[I-]. The van der Waals surface area contributed by atoms with Crippen LogP contribution in [0.1, 0.15) is 20.3 Å². The summed E-state index contributed by atoms with van der Waals surface area (Å²) in [4.78, 5) is 0. The van der Waals surface area contributed by atoms with Gasteiger partial charge in [-0.1, -0.05) is 11.8 Å². The van der Waals surface area contributed by atoms with Crippen molar-refractivity contribution in [3.63, 3.8) is 0 Å².